The summed E-state index contributed by atoms with van der Waals surface area (Å²) in [6.45, 7) is -0.327. The van der Waals surface area contributed by atoms with Gasteiger partial charge in [0.05, 0.1) is 0 Å². The van der Waals surface area contributed by atoms with Crippen LogP contribution in [0.1, 0.15) is 19.3 Å². The molecular formula is C16H19ClN2O5. The Hall–Kier alpha value is -2.28. The van der Waals surface area contributed by atoms with Crippen LogP contribution in [-0.2, 0) is 19.1 Å². The van der Waals surface area contributed by atoms with Gasteiger partial charge in [-0.25, -0.2) is 4.79 Å². The van der Waals surface area contributed by atoms with Crippen molar-refractivity contribution in [3.8, 4) is 5.75 Å². The van der Waals surface area contributed by atoms with Gasteiger partial charge in [-0.15, -0.1) is 0 Å². The van der Waals surface area contributed by atoms with Gasteiger partial charge in [0.15, 0.2) is 13.2 Å². The number of carbonyl (C=O) groups is 3. The molecule has 0 aliphatic carbocycles. The van der Waals surface area contributed by atoms with Gasteiger partial charge >= 0.3 is 5.97 Å². The standard InChI is InChI=1S/C16H19ClN2O5/c17-11-4-6-12(7-5-11)23-10-15(21)24-9-14(20)19-8-2-1-3-13(19)16(18)22/h4-7,13H,1-3,8-10H2,(H2,18,22)/t13-/m0/s1. The molecule has 0 spiro atoms. The lowest BCUT2D eigenvalue weighted by Gasteiger charge is -2.33. The van der Waals surface area contributed by atoms with Gasteiger partial charge in [0.2, 0.25) is 5.91 Å². The highest BCUT2D eigenvalue weighted by molar-refractivity contribution is 6.30. The van der Waals surface area contributed by atoms with Gasteiger partial charge in [-0.1, -0.05) is 11.6 Å². The first kappa shape index (κ1) is 18.1. The maximum atomic E-state index is 12.1. The maximum absolute atomic E-state index is 12.1. The van der Waals surface area contributed by atoms with Crippen LogP contribution >= 0.6 is 11.6 Å². The zero-order chi connectivity index (χ0) is 17.5. The lowest BCUT2D eigenvalue weighted by molar-refractivity contribution is -0.156. The van der Waals surface area contributed by atoms with Gasteiger partial charge in [0, 0.05) is 11.6 Å². The molecule has 1 aliphatic rings. The molecule has 130 valence electrons. The summed E-state index contributed by atoms with van der Waals surface area (Å²) in [4.78, 5) is 36.5. The number of ether oxygens (including phenoxy) is 2. The van der Waals surface area contributed by atoms with E-state index in [9.17, 15) is 14.4 Å². The Morgan fingerprint density at radius 2 is 1.88 bits per heavy atom. The Kier molecular flexibility index (Phi) is 6.43. The Labute approximate surface area is 144 Å². The van der Waals surface area contributed by atoms with Crippen molar-refractivity contribution in [1.82, 2.24) is 4.90 Å². The molecule has 2 amide bonds. The summed E-state index contributed by atoms with van der Waals surface area (Å²) < 4.78 is 10.1. The van der Waals surface area contributed by atoms with Crippen molar-refractivity contribution < 1.29 is 23.9 Å². The molecule has 1 aliphatic heterocycles. The van der Waals surface area contributed by atoms with E-state index in [1.165, 1.54) is 4.90 Å². The summed E-state index contributed by atoms with van der Waals surface area (Å²) in [5.74, 6) is -1.18. The number of halogens is 1. The van der Waals surface area contributed by atoms with Crippen molar-refractivity contribution in [2.45, 2.75) is 25.3 Å². The van der Waals surface area contributed by atoms with Gasteiger partial charge in [-0.3, -0.25) is 9.59 Å². The van der Waals surface area contributed by atoms with Crippen LogP contribution in [0.4, 0.5) is 0 Å². The molecule has 0 aromatic heterocycles. The van der Waals surface area contributed by atoms with E-state index in [-0.39, 0.29) is 6.61 Å². The normalized spacial score (nSPS) is 17.2. The number of nitrogens with two attached hydrogens (primary N) is 1. The third-order valence-electron chi connectivity index (χ3n) is 3.68. The number of nitrogens with zero attached hydrogens (tertiary/aromatic N) is 1. The van der Waals surface area contributed by atoms with E-state index < -0.39 is 30.4 Å². The fraction of sp³-hybridized carbons (Fsp3) is 0.438. The Morgan fingerprint density at radius 3 is 2.54 bits per heavy atom. The number of rotatable bonds is 6. The number of esters is 1. The third kappa shape index (κ3) is 5.13. The van der Waals surface area contributed by atoms with Crippen molar-refractivity contribution >= 4 is 29.4 Å². The van der Waals surface area contributed by atoms with Crippen LogP contribution in [0.5, 0.6) is 5.75 Å². The summed E-state index contributed by atoms with van der Waals surface area (Å²) in [6, 6.07) is 5.87. The van der Waals surface area contributed by atoms with Gasteiger partial charge in [0.1, 0.15) is 11.8 Å². The van der Waals surface area contributed by atoms with Crippen LogP contribution in [-0.4, -0.2) is 48.5 Å². The van der Waals surface area contributed by atoms with Crippen LogP contribution < -0.4 is 10.5 Å². The maximum Gasteiger partial charge on any atom is 0.344 e. The summed E-state index contributed by atoms with van der Waals surface area (Å²) in [6.07, 6.45) is 2.17. The number of likely N-dealkylation sites (tertiary alicyclic amines) is 1. The van der Waals surface area contributed by atoms with Crippen LogP contribution in [0.2, 0.25) is 5.02 Å². The van der Waals surface area contributed by atoms with E-state index in [1.54, 1.807) is 24.3 Å². The van der Waals surface area contributed by atoms with Crippen molar-refractivity contribution in [1.29, 1.82) is 0 Å². The predicted octanol–water partition coefficient (Wildman–Crippen LogP) is 1.13. The summed E-state index contributed by atoms with van der Waals surface area (Å²) in [5, 5.41) is 0.557. The minimum Gasteiger partial charge on any atom is -0.482 e. The predicted molar refractivity (Wildman–Crippen MR) is 86.5 cm³/mol. The van der Waals surface area contributed by atoms with Crippen LogP contribution in [0.3, 0.4) is 0 Å². The number of amides is 2. The second kappa shape index (κ2) is 8.54. The highest BCUT2D eigenvalue weighted by Crippen LogP contribution is 2.17. The molecule has 0 bridgehead atoms. The molecule has 0 radical (unpaired) electrons. The molecule has 1 heterocycles. The summed E-state index contributed by atoms with van der Waals surface area (Å²) in [7, 11) is 0. The van der Waals surface area contributed by atoms with Crippen molar-refractivity contribution in [3.05, 3.63) is 29.3 Å². The Bertz CT molecular complexity index is 605. The minimum absolute atomic E-state index is 0.325. The molecule has 8 heteroatoms. The fourth-order valence-corrected chi connectivity index (χ4v) is 2.59. The van der Waals surface area contributed by atoms with Gasteiger partial charge in [0.25, 0.3) is 5.91 Å². The zero-order valence-electron chi connectivity index (χ0n) is 13.1. The average molecular weight is 355 g/mol. The molecule has 7 nitrogen and oxygen atoms in total. The summed E-state index contributed by atoms with van der Waals surface area (Å²) in [5.41, 5.74) is 5.30. The van der Waals surface area contributed by atoms with E-state index in [4.69, 9.17) is 26.8 Å². The topological polar surface area (TPSA) is 98.9 Å². The third-order valence-corrected chi connectivity index (χ3v) is 3.93. The first-order chi connectivity index (χ1) is 11.5. The van der Waals surface area contributed by atoms with Gasteiger partial charge in [-0.05, 0) is 43.5 Å². The SMILES string of the molecule is NC(=O)[C@@H]1CCCCN1C(=O)COC(=O)COc1ccc(Cl)cc1. The van der Waals surface area contributed by atoms with E-state index in [1.807, 2.05) is 0 Å². The number of carbonyl (C=O) groups excluding carboxylic acids is 3. The second-order valence-corrected chi connectivity index (χ2v) is 5.84. The lowest BCUT2D eigenvalue weighted by Crippen LogP contribution is -2.51. The van der Waals surface area contributed by atoms with Crippen LogP contribution in [0, 0.1) is 0 Å². The van der Waals surface area contributed by atoms with Crippen molar-refractivity contribution in [3.63, 3.8) is 0 Å². The molecule has 1 fully saturated rings. The molecule has 1 atom stereocenters. The number of piperidine rings is 1. The first-order valence-corrected chi connectivity index (χ1v) is 7.98. The molecule has 24 heavy (non-hydrogen) atoms. The number of hydrogen-bond donors (Lipinski definition) is 1. The average Bonchev–Trinajstić information content (AvgIpc) is 2.59. The molecule has 2 rings (SSSR count). The zero-order valence-corrected chi connectivity index (χ0v) is 13.8. The fourth-order valence-electron chi connectivity index (χ4n) is 2.47. The number of primary amides is 1. The monoisotopic (exact) mass is 354 g/mol. The van der Waals surface area contributed by atoms with Crippen molar-refractivity contribution in [2.75, 3.05) is 19.8 Å². The Morgan fingerprint density at radius 1 is 1.17 bits per heavy atom. The molecule has 2 N–H and O–H groups in total. The quantitative estimate of drug-likeness (QED) is 0.772. The van der Waals surface area contributed by atoms with E-state index >= 15 is 0 Å². The smallest absolute Gasteiger partial charge is 0.344 e. The van der Waals surface area contributed by atoms with E-state index in [0.717, 1.165) is 12.8 Å². The largest absolute Gasteiger partial charge is 0.482 e. The molecular weight excluding hydrogens is 336 g/mol. The van der Waals surface area contributed by atoms with E-state index in [0.29, 0.717) is 23.7 Å². The van der Waals surface area contributed by atoms with Crippen molar-refractivity contribution in [2.24, 2.45) is 5.73 Å². The van der Waals surface area contributed by atoms with Crippen LogP contribution in [0.15, 0.2) is 24.3 Å². The highest BCUT2D eigenvalue weighted by Gasteiger charge is 2.30. The first-order valence-electron chi connectivity index (χ1n) is 7.60. The number of benzene rings is 1. The number of hydrogen-bond acceptors (Lipinski definition) is 5. The van der Waals surface area contributed by atoms with Crippen LogP contribution in [0.25, 0.3) is 0 Å². The van der Waals surface area contributed by atoms with Gasteiger partial charge in [-0.2, -0.15) is 0 Å². The minimum atomic E-state index is -0.675. The molecule has 1 aromatic rings. The molecule has 1 aromatic carbocycles. The molecule has 0 saturated carbocycles. The molecule has 0 unspecified atom stereocenters. The van der Waals surface area contributed by atoms with E-state index in [2.05, 4.69) is 0 Å². The second-order valence-electron chi connectivity index (χ2n) is 5.40. The molecule has 1 saturated heterocycles. The highest BCUT2D eigenvalue weighted by atomic mass is 35.5. The lowest BCUT2D eigenvalue weighted by atomic mass is 10.0. The Balaban J connectivity index is 1.77. The summed E-state index contributed by atoms with van der Waals surface area (Å²) >= 11 is 5.74. The van der Waals surface area contributed by atoms with Gasteiger partial charge < -0.3 is 20.1 Å².